The van der Waals surface area contributed by atoms with Gasteiger partial charge < -0.3 is 4.90 Å². The Labute approximate surface area is 88.9 Å². The molecule has 1 saturated carbocycles. The quantitative estimate of drug-likeness (QED) is 0.652. The molecule has 82 valence electrons. The van der Waals surface area contributed by atoms with Gasteiger partial charge in [0, 0.05) is 0 Å². The van der Waals surface area contributed by atoms with Gasteiger partial charge in [0.05, 0.1) is 0 Å². The van der Waals surface area contributed by atoms with Crippen molar-refractivity contribution in [1.29, 1.82) is 0 Å². The molecule has 0 aromatic heterocycles. The van der Waals surface area contributed by atoms with Crippen molar-refractivity contribution in [1.82, 2.24) is 4.90 Å². The monoisotopic (exact) mass is 195 g/mol. The molecule has 1 aliphatic heterocycles. The van der Waals surface area contributed by atoms with E-state index < -0.39 is 0 Å². The summed E-state index contributed by atoms with van der Waals surface area (Å²) in [6.45, 7) is 6.39. The number of nitrogens with zero attached hydrogens (tertiary/aromatic N) is 1. The van der Waals surface area contributed by atoms with Crippen LogP contribution in [0.25, 0.3) is 0 Å². The molecule has 0 N–H and O–H groups in total. The molecule has 0 bridgehead atoms. The van der Waals surface area contributed by atoms with Gasteiger partial charge in [0.25, 0.3) is 0 Å². The highest BCUT2D eigenvalue weighted by atomic mass is 15.1. The molecule has 0 amide bonds. The summed E-state index contributed by atoms with van der Waals surface area (Å²) in [5.74, 6) is 0. The molecule has 2 aliphatic rings. The number of hydrogen-bond acceptors (Lipinski definition) is 1. The van der Waals surface area contributed by atoms with Crippen LogP contribution in [0.5, 0.6) is 0 Å². The van der Waals surface area contributed by atoms with E-state index in [2.05, 4.69) is 11.8 Å². The number of likely N-dealkylation sites (tertiary alicyclic amines) is 1. The first kappa shape index (κ1) is 10.5. The van der Waals surface area contributed by atoms with E-state index in [1.165, 1.54) is 71.0 Å². The van der Waals surface area contributed by atoms with Crippen LogP contribution in [0.1, 0.15) is 58.3 Å². The molecule has 0 aromatic rings. The normalized spacial score (nSPS) is 28.1. The summed E-state index contributed by atoms with van der Waals surface area (Å²) in [6, 6.07) is 0. The fourth-order valence-corrected chi connectivity index (χ4v) is 3.37. The predicted molar refractivity (Wildman–Crippen MR) is 61.5 cm³/mol. The standard InChI is InChI=1S/C13H25N/c1-2-10-14-11-8-13(9-12-14)6-4-3-5-7-13/h2-12H2,1H3. The second kappa shape index (κ2) is 4.65. The Morgan fingerprint density at radius 2 is 1.57 bits per heavy atom. The van der Waals surface area contributed by atoms with Crippen molar-refractivity contribution in [2.24, 2.45) is 5.41 Å². The summed E-state index contributed by atoms with van der Waals surface area (Å²) >= 11 is 0. The lowest BCUT2D eigenvalue weighted by atomic mass is 9.68. The number of hydrogen-bond donors (Lipinski definition) is 0. The minimum Gasteiger partial charge on any atom is -0.303 e. The van der Waals surface area contributed by atoms with E-state index >= 15 is 0 Å². The van der Waals surface area contributed by atoms with Crippen molar-refractivity contribution in [2.75, 3.05) is 19.6 Å². The van der Waals surface area contributed by atoms with E-state index in [0.29, 0.717) is 0 Å². The van der Waals surface area contributed by atoms with Gasteiger partial charge in [-0.3, -0.25) is 0 Å². The smallest absolute Gasteiger partial charge is 0.00134 e. The molecule has 2 rings (SSSR count). The van der Waals surface area contributed by atoms with Gasteiger partial charge in [-0.15, -0.1) is 0 Å². The molecule has 0 radical (unpaired) electrons. The largest absolute Gasteiger partial charge is 0.303 e. The topological polar surface area (TPSA) is 3.24 Å². The number of piperidine rings is 1. The molecule has 1 heteroatoms. The first-order valence-corrected chi connectivity index (χ1v) is 6.57. The van der Waals surface area contributed by atoms with Crippen molar-refractivity contribution in [3.05, 3.63) is 0 Å². The van der Waals surface area contributed by atoms with Crippen LogP contribution in [0.4, 0.5) is 0 Å². The van der Waals surface area contributed by atoms with E-state index in [4.69, 9.17) is 0 Å². The van der Waals surface area contributed by atoms with Gasteiger partial charge in [-0.2, -0.15) is 0 Å². The van der Waals surface area contributed by atoms with Crippen LogP contribution < -0.4 is 0 Å². The molecule has 14 heavy (non-hydrogen) atoms. The second-order valence-electron chi connectivity index (χ2n) is 5.40. The average molecular weight is 195 g/mol. The van der Waals surface area contributed by atoms with Gasteiger partial charge in [0.15, 0.2) is 0 Å². The van der Waals surface area contributed by atoms with Gasteiger partial charge in [0.1, 0.15) is 0 Å². The van der Waals surface area contributed by atoms with Crippen LogP contribution in [0.15, 0.2) is 0 Å². The zero-order valence-electron chi connectivity index (χ0n) is 9.73. The Hall–Kier alpha value is -0.0400. The summed E-state index contributed by atoms with van der Waals surface area (Å²) < 4.78 is 0. The van der Waals surface area contributed by atoms with Crippen molar-refractivity contribution in [3.8, 4) is 0 Å². The first-order chi connectivity index (χ1) is 6.85. The maximum absolute atomic E-state index is 2.67. The predicted octanol–water partition coefficient (Wildman–Crippen LogP) is 3.44. The highest BCUT2D eigenvalue weighted by Crippen LogP contribution is 2.44. The van der Waals surface area contributed by atoms with E-state index in [1.54, 1.807) is 0 Å². The summed E-state index contributed by atoms with van der Waals surface area (Å²) in [4.78, 5) is 2.67. The van der Waals surface area contributed by atoms with E-state index in [-0.39, 0.29) is 0 Å². The van der Waals surface area contributed by atoms with Crippen molar-refractivity contribution < 1.29 is 0 Å². The Bertz CT molecular complexity index is 160. The van der Waals surface area contributed by atoms with E-state index in [9.17, 15) is 0 Å². The van der Waals surface area contributed by atoms with Gasteiger partial charge in [-0.1, -0.05) is 26.2 Å². The van der Waals surface area contributed by atoms with Crippen LogP contribution in [-0.2, 0) is 0 Å². The van der Waals surface area contributed by atoms with Crippen LogP contribution >= 0.6 is 0 Å². The van der Waals surface area contributed by atoms with Crippen LogP contribution in [-0.4, -0.2) is 24.5 Å². The molecular formula is C13H25N. The maximum atomic E-state index is 2.67. The van der Waals surface area contributed by atoms with Crippen LogP contribution in [0, 0.1) is 5.41 Å². The van der Waals surface area contributed by atoms with Crippen LogP contribution in [0.3, 0.4) is 0 Å². The molecule has 0 unspecified atom stereocenters. The van der Waals surface area contributed by atoms with E-state index in [1.807, 2.05) is 0 Å². The van der Waals surface area contributed by atoms with Gasteiger partial charge >= 0.3 is 0 Å². The third-order valence-electron chi connectivity index (χ3n) is 4.37. The molecular weight excluding hydrogens is 170 g/mol. The van der Waals surface area contributed by atoms with Gasteiger partial charge in [-0.05, 0) is 57.2 Å². The molecule has 2 fully saturated rings. The molecule has 1 aliphatic carbocycles. The first-order valence-electron chi connectivity index (χ1n) is 6.57. The van der Waals surface area contributed by atoms with Gasteiger partial charge in [0.2, 0.25) is 0 Å². The minimum atomic E-state index is 0.794. The molecule has 1 spiro atoms. The van der Waals surface area contributed by atoms with Gasteiger partial charge in [-0.25, -0.2) is 0 Å². The zero-order chi connectivity index (χ0) is 9.86. The fourth-order valence-electron chi connectivity index (χ4n) is 3.37. The summed E-state index contributed by atoms with van der Waals surface area (Å²) in [5.41, 5.74) is 0.794. The Kier molecular flexibility index (Phi) is 3.48. The van der Waals surface area contributed by atoms with Crippen molar-refractivity contribution in [3.63, 3.8) is 0 Å². The Morgan fingerprint density at radius 1 is 0.929 bits per heavy atom. The Morgan fingerprint density at radius 3 is 2.14 bits per heavy atom. The van der Waals surface area contributed by atoms with Crippen molar-refractivity contribution >= 4 is 0 Å². The summed E-state index contributed by atoms with van der Waals surface area (Å²) in [6.07, 6.45) is 11.9. The maximum Gasteiger partial charge on any atom is -0.00134 e. The third kappa shape index (κ3) is 2.31. The van der Waals surface area contributed by atoms with E-state index in [0.717, 1.165) is 5.41 Å². The van der Waals surface area contributed by atoms with Crippen molar-refractivity contribution in [2.45, 2.75) is 58.3 Å². The SMILES string of the molecule is CCCN1CCC2(CCCCC2)CC1. The molecule has 1 heterocycles. The average Bonchev–Trinajstić information content (AvgIpc) is 2.24. The highest BCUT2D eigenvalue weighted by molar-refractivity contribution is 4.88. The van der Waals surface area contributed by atoms with Crippen LogP contribution in [0.2, 0.25) is 0 Å². The summed E-state index contributed by atoms with van der Waals surface area (Å²) in [7, 11) is 0. The second-order valence-corrected chi connectivity index (χ2v) is 5.40. The molecule has 0 atom stereocenters. The zero-order valence-corrected chi connectivity index (χ0v) is 9.73. The number of rotatable bonds is 2. The summed E-state index contributed by atoms with van der Waals surface area (Å²) in [5, 5.41) is 0. The highest BCUT2D eigenvalue weighted by Gasteiger charge is 2.34. The minimum absolute atomic E-state index is 0.794. The third-order valence-corrected chi connectivity index (χ3v) is 4.37. The Balaban J connectivity index is 1.81. The lowest BCUT2D eigenvalue weighted by molar-refractivity contribution is 0.0679. The lowest BCUT2D eigenvalue weighted by Crippen LogP contribution is -2.41. The molecule has 1 saturated heterocycles. The molecule has 1 nitrogen and oxygen atoms in total. The lowest BCUT2D eigenvalue weighted by Gasteiger charge is -2.44. The fraction of sp³-hybridized carbons (Fsp3) is 1.00. The molecule has 0 aromatic carbocycles.